The third-order valence-electron chi connectivity index (χ3n) is 2.99. The SMILES string of the molecule is COc1cc(CC2CCNCC2)ccn1. The van der Waals surface area contributed by atoms with Gasteiger partial charge in [-0.2, -0.15) is 0 Å². The molecule has 2 rings (SSSR count). The van der Waals surface area contributed by atoms with Crippen LogP contribution >= 0.6 is 0 Å². The summed E-state index contributed by atoms with van der Waals surface area (Å²) in [6.45, 7) is 2.32. The molecule has 15 heavy (non-hydrogen) atoms. The third-order valence-corrected chi connectivity index (χ3v) is 2.99. The average Bonchev–Trinajstić information content (AvgIpc) is 2.31. The molecule has 1 aromatic heterocycles. The molecule has 1 aromatic rings. The number of ether oxygens (including phenoxy) is 1. The van der Waals surface area contributed by atoms with Crippen molar-refractivity contribution in [2.45, 2.75) is 19.3 Å². The molecule has 0 aromatic carbocycles. The van der Waals surface area contributed by atoms with E-state index in [1.165, 1.54) is 18.4 Å². The zero-order chi connectivity index (χ0) is 10.5. The third kappa shape index (κ3) is 2.93. The molecule has 1 aliphatic heterocycles. The van der Waals surface area contributed by atoms with Crippen molar-refractivity contribution >= 4 is 0 Å². The minimum absolute atomic E-state index is 0.724. The molecule has 0 atom stereocenters. The van der Waals surface area contributed by atoms with Crippen molar-refractivity contribution in [3.63, 3.8) is 0 Å². The molecule has 0 saturated carbocycles. The second-order valence-electron chi connectivity index (χ2n) is 4.10. The lowest BCUT2D eigenvalue weighted by Crippen LogP contribution is -2.28. The van der Waals surface area contributed by atoms with E-state index in [0.717, 1.165) is 31.3 Å². The maximum absolute atomic E-state index is 5.12. The Kier molecular flexibility index (Phi) is 3.56. The van der Waals surface area contributed by atoms with Gasteiger partial charge in [-0.15, -0.1) is 0 Å². The second kappa shape index (κ2) is 5.12. The summed E-state index contributed by atoms with van der Waals surface area (Å²) in [7, 11) is 1.66. The lowest BCUT2D eigenvalue weighted by molar-refractivity contribution is 0.370. The standard InChI is InChI=1S/C12H18N2O/c1-15-12-9-11(4-7-14-12)8-10-2-5-13-6-3-10/h4,7,9-10,13H,2-3,5-6,8H2,1H3. The molecule has 0 bridgehead atoms. The van der Waals surface area contributed by atoms with Crippen LogP contribution in [0.5, 0.6) is 5.88 Å². The normalized spacial score (nSPS) is 17.7. The molecule has 1 saturated heterocycles. The maximum atomic E-state index is 5.12. The average molecular weight is 206 g/mol. The van der Waals surface area contributed by atoms with Gasteiger partial charge in [-0.1, -0.05) is 0 Å². The largest absolute Gasteiger partial charge is 0.481 e. The summed E-state index contributed by atoms with van der Waals surface area (Å²) in [5, 5.41) is 3.39. The van der Waals surface area contributed by atoms with Gasteiger partial charge in [0.15, 0.2) is 0 Å². The molecule has 0 unspecified atom stereocenters. The van der Waals surface area contributed by atoms with Crippen molar-refractivity contribution in [1.82, 2.24) is 10.3 Å². The minimum atomic E-state index is 0.724. The van der Waals surface area contributed by atoms with E-state index in [1.54, 1.807) is 7.11 Å². The number of pyridine rings is 1. The highest BCUT2D eigenvalue weighted by molar-refractivity contribution is 5.20. The van der Waals surface area contributed by atoms with Crippen LogP contribution in [-0.2, 0) is 6.42 Å². The van der Waals surface area contributed by atoms with Gasteiger partial charge < -0.3 is 10.1 Å². The summed E-state index contributed by atoms with van der Waals surface area (Å²) in [6.07, 6.45) is 5.55. The maximum Gasteiger partial charge on any atom is 0.213 e. The molecule has 1 fully saturated rings. The highest BCUT2D eigenvalue weighted by atomic mass is 16.5. The van der Waals surface area contributed by atoms with Crippen LogP contribution < -0.4 is 10.1 Å². The molecule has 82 valence electrons. The molecule has 0 spiro atoms. The van der Waals surface area contributed by atoms with Crippen molar-refractivity contribution in [3.8, 4) is 5.88 Å². The monoisotopic (exact) mass is 206 g/mol. The minimum Gasteiger partial charge on any atom is -0.481 e. The quantitative estimate of drug-likeness (QED) is 0.816. The topological polar surface area (TPSA) is 34.1 Å². The summed E-state index contributed by atoms with van der Waals surface area (Å²) >= 11 is 0. The highest BCUT2D eigenvalue weighted by Crippen LogP contribution is 2.19. The Hall–Kier alpha value is -1.09. The van der Waals surface area contributed by atoms with Gasteiger partial charge >= 0.3 is 0 Å². The number of nitrogens with one attached hydrogen (secondary N) is 1. The van der Waals surface area contributed by atoms with Crippen LogP contribution in [0, 0.1) is 5.92 Å². The predicted octanol–water partition coefficient (Wildman–Crippen LogP) is 1.63. The fourth-order valence-electron chi connectivity index (χ4n) is 2.11. The Morgan fingerprint density at radius 2 is 2.27 bits per heavy atom. The van der Waals surface area contributed by atoms with E-state index in [1.807, 2.05) is 12.3 Å². The molecule has 0 aliphatic carbocycles. The van der Waals surface area contributed by atoms with Crippen LogP contribution in [0.4, 0.5) is 0 Å². The van der Waals surface area contributed by atoms with Crippen LogP contribution in [0.1, 0.15) is 18.4 Å². The lowest BCUT2D eigenvalue weighted by atomic mass is 9.91. The molecule has 1 N–H and O–H groups in total. The van der Waals surface area contributed by atoms with E-state index >= 15 is 0 Å². The fraction of sp³-hybridized carbons (Fsp3) is 0.583. The predicted molar refractivity (Wildman–Crippen MR) is 60.1 cm³/mol. The van der Waals surface area contributed by atoms with Crippen molar-refractivity contribution in [2.75, 3.05) is 20.2 Å². The van der Waals surface area contributed by atoms with E-state index in [4.69, 9.17) is 4.74 Å². The van der Waals surface area contributed by atoms with Crippen LogP contribution in [0.3, 0.4) is 0 Å². The first-order valence-electron chi connectivity index (χ1n) is 5.58. The smallest absolute Gasteiger partial charge is 0.213 e. The van der Waals surface area contributed by atoms with Crippen LogP contribution in [0.2, 0.25) is 0 Å². The Bertz CT molecular complexity index is 308. The van der Waals surface area contributed by atoms with E-state index < -0.39 is 0 Å². The van der Waals surface area contributed by atoms with Crippen molar-refractivity contribution in [1.29, 1.82) is 0 Å². The lowest BCUT2D eigenvalue weighted by Gasteiger charge is -2.22. The first kappa shape index (κ1) is 10.4. The van der Waals surface area contributed by atoms with E-state index in [9.17, 15) is 0 Å². The molecule has 2 heterocycles. The first-order valence-corrected chi connectivity index (χ1v) is 5.58. The summed E-state index contributed by atoms with van der Waals surface area (Å²) in [5.41, 5.74) is 1.34. The van der Waals surface area contributed by atoms with Crippen molar-refractivity contribution < 1.29 is 4.74 Å². The van der Waals surface area contributed by atoms with Crippen LogP contribution in [-0.4, -0.2) is 25.2 Å². The van der Waals surface area contributed by atoms with Crippen LogP contribution in [0.15, 0.2) is 18.3 Å². The van der Waals surface area contributed by atoms with E-state index in [0.29, 0.717) is 0 Å². The Morgan fingerprint density at radius 3 is 3.00 bits per heavy atom. The molecular formula is C12H18N2O. The number of nitrogens with zero attached hydrogens (tertiary/aromatic N) is 1. The summed E-state index contributed by atoms with van der Waals surface area (Å²) in [6, 6.07) is 4.13. The number of aromatic nitrogens is 1. The van der Waals surface area contributed by atoms with Gasteiger partial charge in [0.25, 0.3) is 0 Å². The number of piperidine rings is 1. The summed E-state index contributed by atoms with van der Waals surface area (Å²) in [5.74, 6) is 1.54. The van der Waals surface area contributed by atoms with Gasteiger partial charge in [0, 0.05) is 12.3 Å². The molecule has 0 radical (unpaired) electrons. The fourth-order valence-corrected chi connectivity index (χ4v) is 2.11. The van der Waals surface area contributed by atoms with E-state index in [2.05, 4.69) is 16.4 Å². The molecule has 3 heteroatoms. The van der Waals surface area contributed by atoms with Gasteiger partial charge in [-0.05, 0) is 49.9 Å². The van der Waals surface area contributed by atoms with E-state index in [-0.39, 0.29) is 0 Å². The molecule has 1 aliphatic rings. The van der Waals surface area contributed by atoms with Crippen molar-refractivity contribution in [2.24, 2.45) is 5.92 Å². The van der Waals surface area contributed by atoms with Crippen molar-refractivity contribution in [3.05, 3.63) is 23.9 Å². The zero-order valence-corrected chi connectivity index (χ0v) is 9.20. The Balaban J connectivity index is 1.96. The Morgan fingerprint density at radius 1 is 1.47 bits per heavy atom. The summed E-state index contributed by atoms with van der Waals surface area (Å²) < 4.78 is 5.12. The number of hydrogen-bond donors (Lipinski definition) is 1. The van der Waals surface area contributed by atoms with Gasteiger partial charge in [0.1, 0.15) is 0 Å². The Labute approximate surface area is 90.9 Å². The van der Waals surface area contributed by atoms with Gasteiger partial charge in [0.2, 0.25) is 5.88 Å². The zero-order valence-electron chi connectivity index (χ0n) is 9.20. The number of methoxy groups -OCH3 is 1. The first-order chi connectivity index (χ1) is 7.38. The summed E-state index contributed by atoms with van der Waals surface area (Å²) in [4.78, 5) is 4.12. The second-order valence-corrected chi connectivity index (χ2v) is 4.10. The van der Waals surface area contributed by atoms with Gasteiger partial charge in [-0.25, -0.2) is 4.98 Å². The number of hydrogen-bond acceptors (Lipinski definition) is 3. The molecular weight excluding hydrogens is 188 g/mol. The number of rotatable bonds is 3. The highest BCUT2D eigenvalue weighted by Gasteiger charge is 2.13. The van der Waals surface area contributed by atoms with Gasteiger partial charge in [-0.3, -0.25) is 0 Å². The van der Waals surface area contributed by atoms with Crippen LogP contribution in [0.25, 0.3) is 0 Å². The molecule has 3 nitrogen and oxygen atoms in total. The molecule has 0 amide bonds. The van der Waals surface area contributed by atoms with Gasteiger partial charge in [0.05, 0.1) is 7.11 Å².